The highest BCUT2D eigenvalue weighted by Crippen LogP contribution is 2.27. The number of halogens is 3. The predicted molar refractivity (Wildman–Crippen MR) is 77.4 cm³/mol. The van der Waals surface area contributed by atoms with Gasteiger partial charge < -0.3 is 5.32 Å². The van der Waals surface area contributed by atoms with Crippen molar-refractivity contribution in [2.45, 2.75) is 31.5 Å². The fraction of sp³-hybridized carbons (Fsp3) is 0.333. The van der Waals surface area contributed by atoms with Gasteiger partial charge in [0.15, 0.2) is 0 Å². The van der Waals surface area contributed by atoms with Crippen LogP contribution in [-0.4, -0.2) is 27.1 Å². The van der Waals surface area contributed by atoms with Gasteiger partial charge in [-0.3, -0.25) is 14.6 Å². The molecule has 3 rings (SSSR count). The molecule has 1 unspecified atom stereocenters. The first-order chi connectivity index (χ1) is 11.3. The normalized spacial score (nSPS) is 17.2. The molecule has 126 valence electrons. The number of aromatic amines is 1. The number of aromatic nitrogens is 3. The van der Waals surface area contributed by atoms with E-state index < -0.39 is 17.8 Å². The van der Waals surface area contributed by atoms with Crippen LogP contribution in [-0.2, 0) is 19.0 Å². The summed E-state index contributed by atoms with van der Waals surface area (Å²) in [6, 6.07) is 3.10. The second kappa shape index (κ2) is 6.06. The van der Waals surface area contributed by atoms with E-state index in [0.717, 1.165) is 29.6 Å². The lowest BCUT2D eigenvalue weighted by atomic mass is 9.92. The Labute approximate surface area is 134 Å². The number of amides is 1. The number of aryl methyl sites for hydroxylation is 1. The van der Waals surface area contributed by atoms with Crippen molar-refractivity contribution in [1.29, 1.82) is 0 Å². The Morgan fingerprint density at radius 2 is 2.12 bits per heavy atom. The van der Waals surface area contributed by atoms with Crippen LogP contribution in [0.1, 0.15) is 33.7 Å². The topological polar surface area (TPSA) is 87.7 Å². The fourth-order valence-corrected chi connectivity index (χ4v) is 2.63. The standard InChI is InChI=1S/C15H13F3N4O2/c16-15(17,18)12-4-1-8(7-19-12)14(24)20-10-2-3-11-9(5-10)6-13(23)22-21-11/h1,4,6-7,10H,2-3,5H2,(H,20,24)(H,22,23). The first-order valence-electron chi connectivity index (χ1n) is 7.24. The van der Waals surface area contributed by atoms with Crippen LogP contribution in [0.3, 0.4) is 0 Å². The highest BCUT2D eigenvalue weighted by atomic mass is 19.4. The van der Waals surface area contributed by atoms with Gasteiger partial charge in [-0.25, -0.2) is 5.10 Å². The molecule has 9 heteroatoms. The minimum Gasteiger partial charge on any atom is -0.349 e. The van der Waals surface area contributed by atoms with Crippen molar-refractivity contribution in [3.63, 3.8) is 0 Å². The molecule has 0 saturated heterocycles. The van der Waals surface area contributed by atoms with Crippen LogP contribution >= 0.6 is 0 Å². The van der Waals surface area contributed by atoms with Crippen molar-refractivity contribution in [1.82, 2.24) is 20.5 Å². The number of rotatable bonds is 2. The van der Waals surface area contributed by atoms with Gasteiger partial charge in [-0.05, 0) is 37.0 Å². The summed E-state index contributed by atoms with van der Waals surface area (Å²) >= 11 is 0. The van der Waals surface area contributed by atoms with E-state index in [1.54, 1.807) is 0 Å². The SMILES string of the molecule is O=C(NC1CCc2n[nH]c(=O)cc2C1)c1ccc(C(F)(F)F)nc1. The van der Waals surface area contributed by atoms with Crippen molar-refractivity contribution < 1.29 is 18.0 Å². The third-order valence-corrected chi connectivity index (χ3v) is 3.82. The second-order valence-corrected chi connectivity index (χ2v) is 5.55. The minimum atomic E-state index is -4.54. The molecule has 2 aromatic heterocycles. The second-order valence-electron chi connectivity index (χ2n) is 5.55. The molecule has 0 saturated carbocycles. The van der Waals surface area contributed by atoms with Crippen LogP contribution in [0, 0.1) is 0 Å². The highest BCUT2D eigenvalue weighted by Gasteiger charge is 2.32. The van der Waals surface area contributed by atoms with Gasteiger partial charge in [0.2, 0.25) is 0 Å². The van der Waals surface area contributed by atoms with E-state index in [0.29, 0.717) is 19.3 Å². The van der Waals surface area contributed by atoms with E-state index in [9.17, 15) is 22.8 Å². The molecule has 1 aliphatic rings. The highest BCUT2D eigenvalue weighted by molar-refractivity contribution is 5.94. The summed E-state index contributed by atoms with van der Waals surface area (Å²) in [5, 5.41) is 9.08. The number of alkyl halides is 3. The lowest BCUT2D eigenvalue weighted by Crippen LogP contribution is -2.39. The Balaban J connectivity index is 1.68. The molecule has 1 atom stereocenters. The maximum Gasteiger partial charge on any atom is 0.433 e. The number of hydrogen-bond acceptors (Lipinski definition) is 4. The van der Waals surface area contributed by atoms with Crippen LogP contribution in [0.5, 0.6) is 0 Å². The molecule has 0 aliphatic heterocycles. The fourth-order valence-electron chi connectivity index (χ4n) is 2.63. The molecule has 0 spiro atoms. The maximum atomic E-state index is 12.5. The molecule has 0 aromatic carbocycles. The third kappa shape index (κ3) is 3.44. The molecule has 1 amide bonds. The Morgan fingerprint density at radius 3 is 2.79 bits per heavy atom. The van der Waals surface area contributed by atoms with Gasteiger partial charge in [0.1, 0.15) is 5.69 Å². The van der Waals surface area contributed by atoms with Crippen molar-refractivity contribution in [3.05, 3.63) is 57.3 Å². The van der Waals surface area contributed by atoms with E-state index in [1.807, 2.05) is 0 Å². The minimum absolute atomic E-state index is 0.0535. The molecule has 24 heavy (non-hydrogen) atoms. The number of pyridine rings is 1. The lowest BCUT2D eigenvalue weighted by molar-refractivity contribution is -0.141. The molecular formula is C15H13F3N4O2. The van der Waals surface area contributed by atoms with Gasteiger partial charge >= 0.3 is 6.18 Å². The molecule has 0 fully saturated rings. The van der Waals surface area contributed by atoms with Gasteiger partial charge in [-0.2, -0.15) is 18.3 Å². The predicted octanol–water partition coefficient (Wildman–Crippen LogP) is 1.47. The quantitative estimate of drug-likeness (QED) is 0.868. The maximum absolute atomic E-state index is 12.5. The Morgan fingerprint density at radius 1 is 1.33 bits per heavy atom. The summed E-state index contributed by atoms with van der Waals surface area (Å²) in [5.41, 5.74) is 0.249. The number of hydrogen-bond donors (Lipinski definition) is 2. The van der Waals surface area contributed by atoms with Crippen molar-refractivity contribution in [2.24, 2.45) is 0 Å². The van der Waals surface area contributed by atoms with E-state index >= 15 is 0 Å². The van der Waals surface area contributed by atoms with Gasteiger partial charge in [-0.15, -0.1) is 0 Å². The number of nitrogens with zero attached hydrogens (tertiary/aromatic N) is 2. The number of nitrogens with one attached hydrogen (secondary N) is 2. The molecule has 2 heterocycles. The van der Waals surface area contributed by atoms with Crippen LogP contribution in [0.4, 0.5) is 13.2 Å². The Kier molecular flexibility index (Phi) is 4.08. The van der Waals surface area contributed by atoms with Gasteiger partial charge in [0.05, 0.1) is 11.3 Å². The monoisotopic (exact) mass is 338 g/mol. The summed E-state index contributed by atoms with van der Waals surface area (Å²) < 4.78 is 37.4. The number of H-pyrrole nitrogens is 1. The molecule has 0 bridgehead atoms. The molecular weight excluding hydrogens is 325 g/mol. The van der Waals surface area contributed by atoms with Crippen molar-refractivity contribution in [2.75, 3.05) is 0 Å². The third-order valence-electron chi connectivity index (χ3n) is 3.82. The molecule has 6 nitrogen and oxygen atoms in total. The average Bonchev–Trinajstić information content (AvgIpc) is 2.53. The first-order valence-corrected chi connectivity index (χ1v) is 7.24. The summed E-state index contributed by atoms with van der Waals surface area (Å²) in [6.45, 7) is 0. The zero-order chi connectivity index (χ0) is 17.3. The Bertz CT molecular complexity index is 815. The van der Waals surface area contributed by atoms with Crippen LogP contribution in [0.25, 0.3) is 0 Å². The van der Waals surface area contributed by atoms with Gasteiger partial charge in [-0.1, -0.05) is 0 Å². The van der Waals surface area contributed by atoms with Gasteiger partial charge in [0, 0.05) is 18.3 Å². The zero-order valence-corrected chi connectivity index (χ0v) is 12.4. The summed E-state index contributed by atoms with van der Waals surface area (Å²) in [6.07, 6.45) is -1.95. The lowest BCUT2D eigenvalue weighted by Gasteiger charge is -2.24. The summed E-state index contributed by atoms with van der Waals surface area (Å²) in [4.78, 5) is 26.7. The molecule has 0 radical (unpaired) electrons. The van der Waals surface area contributed by atoms with Crippen LogP contribution in [0.15, 0.2) is 29.2 Å². The van der Waals surface area contributed by atoms with E-state index in [4.69, 9.17) is 0 Å². The molecule has 1 aliphatic carbocycles. The first kappa shape index (κ1) is 16.2. The molecule has 2 aromatic rings. The van der Waals surface area contributed by atoms with Crippen LogP contribution in [0.2, 0.25) is 0 Å². The average molecular weight is 338 g/mol. The summed E-state index contributed by atoms with van der Waals surface area (Å²) in [5.74, 6) is -0.498. The smallest absolute Gasteiger partial charge is 0.349 e. The van der Waals surface area contributed by atoms with Crippen molar-refractivity contribution in [3.8, 4) is 0 Å². The largest absolute Gasteiger partial charge is 0.433 e. The zero-order valence-electron chi connectivity index (χ0n) is 12.4. The van der Waals surface area contributed by atoms with Crippen molar-refractivity contribution >= 4 is 5.91 Å². The van der Waals surface area contributed by atoms with E-state index in [1.165, 1.54) is 6.07 Å². The van der Waals surface area contributed by atoms with E-state index in [2.05, 4.69) is 20.5 Å². The molecule has 2 N–H and O–H groups in total. The van der Waals surface area contributed by atoms with Crippen LogP contribution < -0.4 is 10.9 Å². The number of carbonyl (C=O) groups excluding carboxylic acids is 1. The van der Waals surface area contributed by atoms with E-state index in [-0.39, 0.29) is 17.2 Å². The summed E-state index contributed by atoms with van der Waals surface area (Å²) in [7, 11) is 0. The van der Waals surface area contributed by atoms with Gasteiger partial charge in [0.25, 0.3) is 11.5 Å². The Hall–Kier alpha value is -2.71. The number of carbonyl (C=O) groups is 1. The number of fused-ring (bicyclic) bond motifs is 1.